The smallest absolute Gasteiger partial charge is 0.129 e. The number of aliphatic hydroxyl groups is 1. The summed E-state index contributed by atoms with van der Waals surface area (Å²) in [5, 5.41) is 18.0. The van der Waals surface area contributed by atoms with E-state index in [1.807, 2.05) is 0 Å². The predicted molar refractivity (Wildman–Crippen MR) is 52.5 cm³/mol. The first kappa shape index (κ1) is 10.2. The van der Waals surface area contributed by atoms with Crippen LogP contribution in [0.4, 0.5) is 0 Å². The number of rotatable bonds is 4. The van der Waals surface area contributed by atoms with E-state index >= 15 is 0 Å². The van der Waals surface area contributed by atoms with Gasteiger partial charge in [-0.15, -0.1) is 11.8 Å². The van der Waals surface area contributed by atoms with E-state index < -0.39 is 0 Å². The largest absolute Gasteiger partial charge is 0.507 e. The van der Waals surface area contributed by atoms with Crippen LogP contribution in [0.5, 0.6) is 11.5 Å². The molecule has 72 valence electrons. The average Bonchev–Trinajstić information content (AvgIpc) is 2.17. The Balaban J connectivity index is 2.78. The highest BCUT2D eigenvalue weighted by Crippen LogP contribution is 2.31. The van der Waals surface area contributed by atoms with Crippen molar-refractivity contribution in [2.75, 3.05) is 19.5 Å². The van der Waals surface area contributed by atoms with Gasteiger partial charge in [0.2, 0.25) is 0 Å². The highest BCUT2D eigenvalue weighted by Gasteiger charge is 2.02. The van der Waals surface area contributed by atoms with Gasteiger partial charge in [0, 0.05) is 5.75 Å². The maximum atomic E-state index is 9.40. The quantitative estimate of drug-likeness (QED) is 0.723. The summed E-state index contributed by atoms with van der Waals surface area (Å²) < 4.78 is 5.00. The van der Waals surface area contributed by atoms with Gasteiger partial charge in [0.25, 0.3) is 0 Å². The van der Waals surface area contributed by atoms with Gasteiger partial charge in [-0.25, -0.2) is 0 Å². The van der Waals surface area contributed by atoms with Crippen molar-refractivity contribution in [1.82, 2.24) is 0 Å². The van der Waals surface area contributed by atoms with Crippen LogP contribution >= 0.6 is 11.8 Å². The van der Waals surface area contributed by atoms with Gasteiger partial charge in [-0.05, 0) is 18.2 Å². The fourth-order valence-electron chi connectivity index (χ4n) is 0.893. The molecule has 13 heavy (non-hydrogen) atoms. The van der Waals surface area contributed by atoms with Crippen molar-refractivity contribution < 1.29 is 14.9 Å². The summed E-state index contributed by atoms with van der Waals surface area (Å²) in [6, 6.07) is 5.02. The van der Waals surface area contributed by atoms with Crippen molar-refractivity contribution in [3.05, 3.63) is 18.2 Å². The number of benzene rings is 1. The van der Waals surface area contributed by atoms with Crippen LogP contribution in [0.15, 0.2) is 23.1 Å². The van der Waals surface area contributed by atoms with E-state index in [0.717, 1.165) is 4.90 Å². The highest BCUT2D eigenvalue weighted by molar-refractivity contribution is 7.99. The molecule has 0 fully saturated rings. The van der Waals surface area contributed by atoms with Gasteiger partial charge >= 0.3 is 0 Å². The van der Waals surface area contributed by atoms with Crippen molar-refractivity contribution in [3.63, 3.8) is 0 Å². The normalized spacial score (nSPS) is 10.0. The van der Waals surface area contributed by atoms with E-state index in [1.165, 1.54) is 11.8 Å². The molecule has 0 bridgehead atoms. The lowest BCUT2D eigenvalue weighted by Crippen LogP contribution is -1.87. The molecular formula is C9H12O3S. The van der Waals surface area contributed by atoms with Crippen LogP contribution in [0.2, 0.25) is 0 Å². The zero-order valence-electron chi connectivity index (χ0n) is 7.36. The molecule has 4 heteroatoms. The molecule has 0 aliphatic rings. The molecule has 0 radical (unpaired) electrons. The number of hydrogen-bond acceptors (Lipinski definition) is 4. The van der Waals surface area contributed by atoms with E-state index in [1.54, 1.807) is 25.3 Å². The topological polar surface area (TPSA) is 49.7 Å². The maximum absolute atomic E-state index is 9.40. The minimum atomic E-state index is 0.0985. The lowest BCUT2D eigenvalue weighted by Gasteiger charge is -2.05. The van der Waals surface area contributed by atoms with Crippen molar-refractivity contribution in [2.45, 2.75) is 4.90 Å². The Hall–Kier alpha value is -0.870. The van der Waals surface area contributed by atoms with E-state index in [-0.39, 0.29) is 12.4 Å². The molecule has 0 atom stereocenters. The molecular weight excluding hydrogens is 188 g/mol. The number of ether oxygens (including phenoxy) is 1. The Kier molecular flexibility index (Phi) is 3.92. The van der Waals surface area contributed by atoms with E-state index in [0.29, 0.717) is 11.5 Å². The molecule has 1 aromatic carbocycles. The first-order chi connectivity index (χ1) is 6.27. The number of hydrogen-bond donors (Lipinski definition) is 2. The Morgan fingerprint density at radius 3 is 2.85 bits per heavy atom. The second-order valence-electron chi connectivity index (χ2n) is 2.41. The number of aromatic hydroxyl groups is 1. The first-order valence-electron chi connectivity index (χ1n) is 3.88. The summed E-state index contributed by atoms with van der Waals surface area (Å²) in [7, 11) is 1.58. The van der Waals surface area contributed by atoms with Crippen LogP contribution in [-0.2, 0) is 0 Å². The molecule has 0 aliphatic heterocycles. The van der Waals surface area contributed by atoms with Crippen LogP contribution in [-0.4, -0.2) is 29.7 Å². The number of phenolic OH excluding ortho intramolecular Hbond substituents is 1. The third kappa shape index (κ3) is 2.82. The van der Waals surface area contributed by atoms with Gasteiger partial charge in [0.15, 0.2) is 0 Å². The zero-order chi connectivity index (χ0) is 9.68. The monoisotopic (exact) mass is 200 g/mol. The van der Waals surface area contributed by atoms with Gasteiger partial charge < -0.3 is 14.9 Å². The lowest BCUT2D eigenvalue weighted by molar-refractivity contribution is 0.322. The van der Waals surface area contributed by atoms with Crippen LogP contribution in [0.3, 0.4) is 0 Å². The summed E-state index contributed by atoms with van der Waals surface area (Å²) in [5.74, 6) is 1.50. The van der Waals surface area contributed by atoms with E-state index in [4.69, 9.17) is 9.84 Å². The third-order valence-corrected chi connectivity index (χ3v) is 2.54. The highest BCUT2D eigenvalue weighted by atomic mass is 32.2. The van der Waals surface area contributed by atoms with Crippen molar-refractivity contribution in [3.8, 4) is 11.5 Å². The Morgan fingerprint density at radius 2 is 2.23 bits per heavy atom. The molecule has 0 aliphatic carbocycles. The van der Waals surface area contributed by atoms with Gasteiger partial charge in [0.1, 0.15) is 11.5 Å². The minimum Gasteiger partial charge on any atom is -0.507 e. The lowest BCUT2D eigenvalue weighted by atomic mass is 10.3. The van der Waals surface area contributed by atoms with Gasteiger partial charge in [-0.1, -0.05) is 0 Å². The van der Waals surface area contributed by atoms with Crippen molar-refractivity contribution >= 4 is 11.8 Å². The average molecular weight is 200 g/mol. The molecule has 0 aromatic heterocycles. The Morgan fingerprint density at radius 1 is 1.46 bits per heavy atom. The van der Waals surface area contributed by atoms with Gasteiger partial charge in [-0.2, -0.15) is 0 Å². The molecule has 0 spiro atoms. The maximum Gasteiger partial charge on any atom is 0.129 e. The van der Waals surface area contributed by atoms with Crippen LogP contribution in [0, 0.1) is 0 Å². The van der Waals surface area contributed by atoms with Crippen LogP contribution < -0.4 is 4.74 Å². The van der Waals surface area contributed by atoms with Crippen molar-refractivity contribution in [2.24, 2.45) is 0 Å². The first-order valence-corrected chi connectivity index (χ1v) is 4.87. The fraction of sp³-hybridized carbons (Fsp3) is 0.333. The molecule has 0 unspecified atom stereocenters. The SMILES string of the molecule is COc1ccc(O)c(SCCO)c1. The third-order valence-electron chi connectivity index (χ3n) is 1.52. The second kappa shape index (κ2) is 4.99. The van der Waals surface area contributed by atoms with Crippen molar-refractivity contribution in [1.29, 1.82) is 0 Å². The number of methoxy groups -OCH3 is 1. The number of thioether (sulfide) groups is 1. The Bertz CT molecular complexity index is 276. The van der Waals surface area contributed by atoms with Gasteiger partial charge in [-0.3, -0.25) is 0 Å². The summed E-state index contributed by atoms with van der Waals surface area (Å²) in [6.07, 6.45) is 0. The van der Waals surface area contributed by atoms with Crippen LogP contribution in [0.1, 0.15) is 0 Å². The van der Waals surface area contributed by atoms with Gasteiger partial charge in [0.05, 0.1) is 18.6 Å². The summed E-state index contributed by atoms with van der Waals surface area (Å²) in [5.41, 5.74) is 0. The predicted octanol–water partition coefficient (Wildman–Crippen LogP) is 1.49. The molecule has 0 heterocycles. The fourth-order valence-corrected chi connectivity index (χ4v) is 1.62. The van der Waals surface area contributed by atoms with Crippen LogP contribution in [0.25, 0.3) is 0 Å². The summed E-state index contributed by atoms with van der Waals surface area (Å²) in [4.78, 5) is 0.730. The molecule has 3 nitrogen and oxygen atoms in total. The molecule has 0 amide bonds. The Labute approximate surface area is 81.4 Å². The summed E-state index contributed by atoms with van der Waals surface area (Å²) in [6.45, 7) is 0.0985. The molecule has 2 N–H and O–H groups in total. The molecule has 1 rings (SSSR count). The number of phenols is 1. The van der Waals surface area contributed by atoms with E-state index in [2.05, 4.69) is 0 Å². The minimum absolute atomic E-state index is 0.0985. The second-order valence-corrected chi connectivity index (χ2v) is 3.54. The number of aliphatic hydroxyl groups excluding tert-OH is 1. The standard InChI is InChI=1S/C9H12O3S/c1-12-7-2-3-8(11)9(6-7)13-5-4-10/h2-3,6,10-11H,4-5H2,1H3. The summed E-state index contributed by atoms with van der Waals surface area (Å²) >= 11 is 1.40. The molecule has 1 aromatic rings. The van der Waals surface area contributed by atoms with E-state index in [9.17, 15) is 5.11 Å². The zero-order valence-corrected chi connectivity index (χ0v) is 8.17. The molecule has 0 saturated heterocycles. The molecule has 0 saturated carbocycles.